The first-order valence-corrected chi connectivity index (χ1v) is 11.1. The first-order chi connectivity index (χ1) is 13.1. The molecule has 1 unspecified atom stereocenters. The summed E-state index contributed by atoms with van der Waals surface area (Å²) in [5.74, 6) is -2.44. The summed E-state index contributed by atoms with van der Waals surface area (Å²) in [5, 5.41) is 2.92. The van der Waals surface area contributed by atoms with E-state index in [0.29, 0.717) is 21.7 Å². The van der Waals surface area contributed by atoms with E-state index in [4.69, 9.17) is 5.73 Å². The van der Waals surface area contributed by atoms with Crippen LogP contribution in [0.1, 0.15) is 26.2 Å². The van der Waals surface area contributed by atoms with E-state index in [0.717, 1.165) is 6.42 Å². The maximum absolute atomic E-state index is 13.2. The molecule has 0 saturated carbocycles. The Morgan fingerprint density at radius 3 is 2.61 bits per heavy atom. The van der Waals surface area contributed by atoms with Gasteiger partial charge in [-0.05, 0) is 50.1 Å². The van der Waals surface area contributed by atoms with Crippen LogP contribution >= 0.6 is 15.9 Å². The maximum Gasteiger partial charge on any atom is 0.267 e. The van der Waals surface area contributed by atoms with Gasteiger partial charge in [0.25, 0.3) is 10.0 Å². The zero-order chi connectivity index (χ0) is 20.9. The van der Waals surface area contributed by atoms with E-state index in [1.807, 2.05) is 0 Å². The molecule has 1 aliphatic rings. The number of hydrogen-bond acceptors (Lipinski definition) is 6. The Morgan fingerprint density at radius 1 is 1.36 bits per heavy atom. The zero-order valence-electron chi connectivity index (χ0n) is 15.4. The molecule has 0 spiro atoms. The molecule has 8 nitrogen and oxygen atoms in total. The fourth-order valence-corrected chi connectivity index (χ4v) is 4.64. The maximum atomic E-state index is 13.2. The average molecular weight is 473 g/mol. The van der Waals surface area contributed by atoms with Gasteiger partial charge in [-0.1, -0.05) is 22.9 Å². The van der Waals surface area contributed by atoms with Gasteiger partial charge in [-0.25, -0.2) is 12.7 Å². The van der Waals surface area contributed by atoms with Crippen LogP contribution in [0.2, 0.25) is 0 Å². The number of hydrogen-bond donors (Lipinski definition) is 2. The number of amides is 2. The number of ketones is 1. The number of nitrogens with zero attached hydrogens (tertiary/aromatic N) is 1. The standard InChI is InChI=1S/C18H23BrN3O5S/c1-12(18(20)25)4-9-17(24)22(15-3-2-10-21-11-16(15)23)28(26,27)14-7-5-13(19)6-8-14/h5-9,12,15,21H,2-4,10-11H2,1H3,(H2,20,25)/t12?,15-/m0/s1. The van der Waals surface area contributed by atoms with Crippen molar-refractivity contribution < 1.29 is 22.8 Å². The molecule has 1 aromatic rings. The largest absolute Gasteiger partial charge is 0.369 e. The van der Waals surface area contributed by atoms with Gasteiger partial charge < -0.3 is 11.1 Å². The van der Waals surface area contributed by atoms with E-state index in [-0.39, 0.29) is 30.1 Å². The highest BCUT2D eigenvalue weighted by molar-refractivity contribution is 9.10. The molecule has 153 valence electrons. The van der Waals surface area contributed by atoms with Crippen LogP contribution in [0.25, 0.3) is 0 Å². The van der Waals surface area contributed by atoms with Crippen molar-refractivity contribution in [2.24, 2.45) is 11.7 Å². The van der Waals surface area contributed by atoms with Gasteiger partial charge in [0.05, 0.1) is 17.9 Å². The van der Waals surface area contributed by atoms with Crippen molar-refractivity contribution in [3.8, 4) is 0 Å². The van der Waals surface area contributed by atoms with Crippen molar-refractivity contribution in [2.45, 2.75) is 37.1 Å². The molecule has 10 heteroatoms. The quantitative estimate of drug-likeness (QED) is 0.609. The monoisotopic (exact) mass is 472 g/mol. The van der Waals surface area contributed by atoms with Crippen LogP contribution in [0.15, 0.2) is 33.6 Å². The average Bonchev–Trinajstić information content (AvgIpc) is 2.84. The van der Waals surface area contributed by atoms with Crippen LogP contribution in [0.5, 0.6) is 0 Å². The van der Waals surface area contributed by atoms with Crippen LogP contribution < -0.4 is 11.1 Å². The molecule has 2 amide bonds. The number of Topliss-reactive ketones (excluding diaryl/α,β-unsaturated/α-hetero) is 1. The van der Waals surface area contributed by atoms with E-state index in [2.05, 4.69) is 21.2 Å². The van der Waals surface area contributed by atoms with Crippen LogP contribution in [0.3, 0.4) is 0 Å². The predicted octanol–water partition coefficient (Wildman–Crippen LogP) is 1.00. The topological polar surface area (TPSA) is 127 Å². The third-order valence-corrected chi connectivity index (χ3v) is 6.85. The lowest BCUT2D eigenvalue weighted by molar-refractivity contribution is -0.131. The molecular formula is C18H23BrN3O5S. The van der Waals surface area contributed by atoms with Crippen molar-refractivity contribution in [3.05, 3.63) is 35.2 Å². The molecule has 1 fully saturated rings. The second-order valence-electron chi connectivity index (χ2n) is 6.64. The van der Waals surface area contributed by atoms with Crippen LogP contribution in [-0.4, -0.2) is 49.5 Å². The number of benzene rings is 1. The van der Waals surface area contributed by atoms with E-state index < -0.39 is 33.8 Å². The summed E-state index contributed by atoms with van der Waals surface area (Å²) < 4.78 is 27.8. The second-order valence-corrected chi connectivity index (χ2v) is 9.37. The van der Waals surface area contributed by atoms with Crippen molar-refractivity contribution >= 4 is 43.6 Å². The Kier molecular flexibility index (Phi) is 7.73. The Bertz CT molecular complexity index is 841. The summed E-state index contributed by atoms with van der Waals surface area (Å²) in [5.41, 5.74) is 5.21. The molecule has 2 rings (SSSR count). The number of primary amides is 1. The first kappa shape index (κ1) is 22.5. The Hall–Kier alpha value is -1.78. The Balaban J connectivity index is 2.39. The number of nitrogens with two attached hydrogens (primary N) is 1. The highest BCUT2D eigenvalue weighted by atomic mass is 79.9. The molecule has 1 aliphatic heterocycles. The van der Waals surface area contributed by atoms with Crippen molar-refractivity contribution in [1.29, 1.82) is 0 Å². The number of rotatable bonds is 7. The van der Waals surface area contributed by atoms with E-state index >= 15 is 0 Å². The second kappa shape index (κ2) is 9.62. The molecule has 1 aromatic carbocycles. The fourth-order valence-electron chi connectivity index (χ4n) is 2.80. The summed E-state index contributed by atoms with van der Waals surface area (Å²) in [6, 6.07) is 4.72. The third-order valence-electron chi connectivity index (χ3n) is 4.50. The van der Waals surface area contributed by atoms with Crippen LogP contribution in [0.4, 0.5) is 0 Å². The highest BCUT2D eigenvalue weighted by Gasteiger charge is 2.39. The molecule has 1 radical (unpaired) electrons. The zero-order valence-corrected chi connectivity index (χ0v) is 17.8. The molecule has 28 heavy (non-hydrogen) atoms. The predicted molar refractivity (Wildman–Crippen MR) is 106 cm³/mol. The van der Waals surface area contributed by atoms with Crippen LogP contribution in [0, 0.1) is 12.3 Å². The van der Waals surface area contributed by atoms with Crippen LogP contribution in [-0.2, 0) is 24.4 Å². The fraction of sp³-hybridized carbons (Fsp3) is 0.444. The van der Waals surface area contributed by atoms with Gasteiger partial charge in [0.2, 0.25) is 11.8 Å². The van der Waals surface area contributed by atoms with Gasteiger partial charge >= 0.3 is 0 Å². The van der Waals surface area contributed by atoms with Gasteiger partial charge in [0.1, 0.15) is 6.04 Å². The van der Waals surface area contributed by atoms with E-state index in [9.17, 15) is 22.8 Å². The highest BCUT2D eigenvalue weighted by Crippen LogP contribution is 2.25. The van der Waals surface area contributed by atoms with Gasteiger partial charge in [-0.3, -0.25) is 14.4 Å². The molecule has 0 aromatic heterocycles. The van der Waals surface area contributed by atoms with Crippen molar-refractivity contribution in [1.82, 2.24) is 9.62 Å². The number of carbonyl (C=O) groups excluding carboxylic acids is 3. The van der Waals surface area contributed by atoms with Gasteiger partial charge in [0.15, 0.2) is 5.78 Å². The molecule has 3 N–H and O–H groups in total. The molecule has 0 aliphatic carbocycles. The number of nitrogens with one attached hydrogen (secondary N) is 1. The minimum Gasteiger partial charge on any atom is -0.369 e. The third kappa shape index (κ3) is 5.39. The summed E-state index contributed by atoms with van der Waals surface area (Å²) in [6.07, 6.45) is 1.87. The molecule has 1 saturated heterocycles. The minimum absolute atomic E-state index is 0.0119. The van der Waals surface area contributed by atoms with Gasteiger partial charge in [0, 0.05) is 10.4 Å². The lowest BCUT2D eigenvalue weighted by Gasteiger charge is -2.29. The number of sulfonamides is 1. The van der Waals surface area contributed by atoms with E-state index in [1.165, 1.54) is 12.1 Å². The summed E-state index contributed by atoms with van der Waals surface area (Å²) in [7, 11) is -4.27. The molecule has 2 atom stereocenters. The lowest BCUT2D eigenvalue weighted by atomic mass is 10.0. The lowest BCUT2D eigenvalue weighted by Crippen LogP contribution is -2.49. The number of halogens is 1. The van der Waals surface area contributed by atoms with Crippen molar-refractivity contribution in [2.75, 3.05) is 13.1 Å². The van der Waals surface area contributed by atoms with Gasteiger partial charge in [-0.15, -0.1) is 0 Å². The smallest absolute Gasteiger partial charge is 0.267 e. The molecular weight excluding hydrogens is 450 g/mol. The number of carbonyl (C=O) groups is 3. The molecule has 1 heterocycles. The first-order valence-electron chi connectivity index (χ1n) is 8.84. The summed E-state index contributed by atoms with van der Waals surface area (Å²) >= 11 is 3.24. The molecule has 0 bridgehead atoms. The van der Waals surface area contributed by atoms with Crippen molar-refractivity contribution in [3.63, 3.8) is 0 Å². The normalized spacial score (nSPS) is 18.9. The Morgan fingerprint density at radius 2 is 2.00 bits per heavy atom. The van der Waals surface area contributed by atoms with E-state index in [1.54, 1.807) is 19.1 Å². The minimum atomic E-state index is -4.27. The summed E-state index contributed by atoms with van der Waals surface area (Å²) in [6.45, 7) is 2.09. The van der Waals surface area contributed by atoms with Gasteiger partial charge in [-0.2, -0.15) is 0 Å². The summed E-state index contributed by atoms with van der Waals surface area (Å²) in [4.78, 5) is 36.5. The Labute approximate surface area is 173 Å². The SMILES string of the molecule is CC(C[CH]C(=O)N([C@H]1CCCNCC1=O)S(=O)(=O)c1ccc(Br)cc1)C(N)=O.